The zero-order chi connectivity index (χ0) is 37.9. The van der Waals surface area contributed by atoms with Crippen molar-refractivity contribution in [3.63, 3.8) is 0 Å². The van der Waals surface area contributed by atoms with Crippen LogP contribution < -0.4 is 25.8 Å². The number of fused-ring (bicyclic) bond motifs is 1. The molecule has 4 aromatic rings. The molecule has 1 saturated heterocycles. The third-order valence-electron chi connectivity index (χ3n) is 10.1. The first-order chi connectivity index (χ1) is 26.3. The molecule has 286 valence electrons. The molecule has 3 atom stereocenters. The Bertz CT molecular complexity index is 1850. The highest BCUT2D eigenvalue weighted by atomic mass is 16.7. The summed E-state index contributed by atoms with van der Waals surface area (Å²) in [6.45, 7) is 2.42. The van der Waals surface area contributed by atoms with Crippen LogP contribution in [0.15, 0.2) is 84.9 Å². The van der Waals surface area contributed by atoms with Gasteiger partial charge < -0.3 is 40.4 Å². The van der Waals surface area contributed by atoms with Crippen LogP contribution in [0.1, 0.15) is 85.2 Å². The lowest BCUT2D eigenvalue weighted by Gasteiger charge is -2.39. The fraction of sp³-hybridized carbons (Fsp3) is 0.395. The number of nitrogens with two attached hydrogens (primary N) is 1. The summed E-state index contributed by atoms with van der Waals surface area (Å²) >= 11 is 0. The van der Waals surface area contributed by atoms with Crippen LogP contribution in [0.4, 0.5) is 17.1 Å². The maximum Gasteiger partial charge on any atom is 0.224 e. The molecule has 5 N–H and O–H groups in total. The van der Waals surface area contributed by atoms with E-state index >= 15 is 0 Å². The van der Waals surface area contributed by atoms with Gasteiger partial charge in [0.1, 0.15) is 0 Å². The number of hydrogen-bond donors (Lipinski definition) is 4. The molecule has 0 bridgehead atoms. The summed E-state index contributed by atoms with van der Waals surface area (Å²) in [6, 6.07) is 26.9. The van der Waals surface area contributed by atoms with E-state index in [1.54, 1.807) is 26.4 Å². The molecule has 11 heteroatoms. The Labute approximate surface area is 317 Å². The number of amides is 2. The molecule has 0 spiro atoms. The number of nitrogens with zero attached hydrogens (tertiary/aromatic N) is 1. The van der Waals surface area contributed by atoms with Crippen molar-refractivity contribution in [1.29, 1.82) is 0 Å². The lowest BCUT2D eigenvalue weighted by Crippen LogP contribution is -2.41. The Morgan fingerprint density at radius 2 is 1.46 bits per heavy atom. The number of aliphatic hydroxyl groups is 1. The number of carbonyl (C=O) groups excluding carboxylic acids is 2. The van der Waals surface area contributed by atoms with Crippen LogP contribution >= 0.6 is 0 Å². The summed E-state index contributed by atoms with van der Waals surface area (Å²) in [7, 11) is 3.32. The topological polar surface area (TPSA) is 145 Å². The fourth-order valence-corrected chi connectivity index (χ4v) is 7.11. The number of hydrogen-bond acceptors (Lipinski definition) is 9. The van der Waals surface area contributed by atoms with Crippen LogP contribution in [0.3, 0.4) is 0 Å². The number of aliphatic hydroxyl groups excluding tert-OH is 1. The van der Waals surface area contributed by atoms with E-state index in [9.17, 15) is 14.7 Å². The van der Waals surface area contributed by atoms with Gasteiger partial charge in [-0.05, 0) is 77.9 Å². The molecule has 2 aliphatic heterocycles. The van der Waals surface area contributed by atoms with Crippen molar-refractivity contribution >= 4 is 28.9 Å². The highest BCUT2D eigenvalue weighted by molar-refractivity contribution is 5.93. The molecule has 2 amide bonds. The van der Waals surface area contributed by atoms with Gasteiger partial charge in [-0.1, -0.05) is 61.4 Å². The number of carbonyl (C=O) groups is 2. The lowest BCUT2D eigenvalue weighted by molar-refractivity contribution is -0.253. The van der Waals surface area contributed by atoms with E-state index in [0.29, 0.717) is 36.3 Å². The molecular formula is C43H52N4O7. The first-order valence-corrected chi connectivity index (χ1v) is 18.8. The van der Waals surface area contributed by atoms with Crippen LogP contribution in [0, 0.1) is 0 Å². The van der Waals surface area contributed by atoms with Gasteiger partial charge in [-0.25, -0.2) is 0 Å². The van der Waals surface area contributed by atoms with E-state index in [4.69, 9.17) is 24.7 Å². The molecule has 1 fully saturated rings. The Hall–Kier alpha value is -4.94. The SMILES string of the molecule is COc1cc2c(cc1OC)CN(CC1CC(c3ccc(CO)cc3)OC(c3ccc(NC(=O)CCCCCCC(=O)Nc4ccccc4N)cc3)O1)CC2. The van der Waals surface area contributed by atoms with Crippen molar-refractivity contribution in [2.75, 3.05) is 43.7 Å². The molecule has 0 radical (unpaired) electrons. The third-order valence-corrected chi connectivity index (χ3v) is 10.1. The number of nitrogens with one attached hydrogen (secondary N) is 2. The molecule has 2 aliphatic rings. The van der Waals surface area contributed by atoms with Gasteiger partial charge >= 0.3 is 0 Å². The van der Waals surface area contributed by atoms with Gasteiger partial charge in [0.05, 0.1) is 44.4 Å². The van der Waals surface area contributed by atoms with Crippen molar-refractivity contribution in [2.45, 2.75) is 83.0 Å². The minimum absolute atomic E-state index is 0.0116. The van der Waals surface area contributed by atoms with Crippen molar-refractivity contribution < 1.29 is 33.6 Å². The molecule has 4 aromatic carbocycles. The Morgan fingerprint density at radius 1 is 0.815 bits per heavy atom. The number of unbranched alkanes of at least 4 members (excludes halogenated alkanes) is 3. The molecule has 0 aromatic heterocycles. The Kier molecular flexibility index (Phi) is 13.6. The molecule has 11 nitrogen and oxygen atoms in total. The lowest BCUT2D eigenvalue weighted by atomic mass is 9.97. The Balaban J connectivity index is 1.01. The highest BCUT2D eigenvalue weighted by Crippen LogP contribution is 2.39. The van der Waals surface area contributed by atoms with Crippen molar-refractivity contribution in [2.24, 2.45) is 0 Å². The van der Waals surface area contributed by atoms with E-state index in [1.807, 2.05) is 60.7 Å². The van der Waals surface area contributed by atoms with E-state index in [-0.39, 0.29) is 30.6 Å². The number of anilines is 3. The Morgan fingerprint density at radius 3 is 2.13 bits per heavy atom. The largest absolute Gasteiger partial charge is 0.493 e. The maximum atomic E-state index is 12.7. The van der Waals surface area contributed by atoms with E-state index in [2.05, 4.69) is 27.7 Å². The zero-order valence-electron chi connectivity index (χ0n) is 31.2. The summed E-state index contributed by atoms with van der Waals surface area (Å²) < 4.78 is 24.3. The number of ether oxygens (including phenoxy) is 4. The van der Waals surface area contributed by atoms with Crippen molar-refractivity contribution in [3.8, 4) is 11.5 Å². The molecule has 3 unspecified atom stereocenters. The first-order valence-electron chi connectivity index (χ1n) is 18.8. The summed E-state index contributed by atoms with van der Waals surface area (Å²) in [5, 5.41) is 15.4. The monoisotopic (exact) mass is 736 g/mol. The summed E-state index contributed by atoms with van der Waals surface area (Å²) in [5.74, 6) is 1.38. The molecule has 2 heterocycles. The second-order valence-corrected chi connectivity index (χ2v) is 14.0. The summed E-state index contributed by atoms with van der Waals surface area (Å²) in [6.07, 6.45) is 4.76. The van der Waals surface area contributed by atoms with E-state index in [1.165, 1.54) is 11.1 Å². The summed E-state index contributed by atoms with van der Waals surface area (Å²) in [4.78, 5) is 27.4. The smallest absolute Gasteiger partial charge is 0.224 e. The number of para-hydroxylation sites is 2. The quantitative estimate of drug-likeness (QED) is 0.0688. The predicted octanol–water partition coefficient (Wildman–Crippen LogP) is 7.30. The van der Waals surface area contributed by atoms with Gasteiger partial charge in [-0.15, -0.1) is 0 Å². The fourth-order valence-electron chi connectivity index (χ4n) is 7.11. The second kappa shape index (κ2) is 18.9. The van der Waals surface area contributed by atoms with Gasteiger partial charge in [0.25, 0.3) is 0 Å². The van der Waals surface area contributed by atoms with Crippen LogP contribution in [0.2, 0.25) is 0 Å². The molecule has 0 saturated carbocycles. The number of rotatable bonds is 16. The van der Waals surface area contributed by atoms with Crippen molar-refractivity contribution in [1.82, 2.24) is 4.90 Å². The van der Waals surface area contributed by atoms with Gasteiger partial charge in [-0.2, -0.15) is 0 Å². The number of methoxy groups -OCH3 is 2. The van der Waals surface area contributed by atoms with Crippen LogP contribution in [0.5, 0.6) is 11.5 Å². The zero-order valence-corrected chi connectivity index (χ0v) is 31.2. The van der Waals surface area contributed by atoms with Gasteiger partial charge in [0, 0.05) is 50.1 Å². The molecular weight excluding hydrogens is 684 g/mol. The standard InChI is InChI=1S/C43H52N4O7/c1-51-39-23-32-21-22-47(26-33(32)24-40(39)52-2)27-35-25-38(30-15-13-29(28-48)14-16-30)54-43(53-35)31-17-19-34(20-18-31)45-41(49)11-5-3-4-6-12-42(50)46-37-10-8-7-9-36(37)44/h7-10,13-20,23-24,35,38,43,48H,3-6,11-12,21-22,25-28,44H2,1-2H3,(H,45,49)(H,46,50). The number of nitrogen functional groups attached to an aromatic ring is 1. The molecule has 54 heavy (non-hydrogen) atoms. The highest BCUT2D eigenvalue weighted by Gasteiger charge is 2.34. The van der Waals surface area contributed by atoms with E-state index in [0.717, 1.165) is 79.9 Å². The maximum absolute atomic E-state index is 12.7. The average molecular weight is 737 g/mol. The predicted molar refractivity (Wildman–Crippen MR) is 209 cm³/mol. The van der Waals surface area contributed by atoms with Crippen molar-refractivity contribution in [3.05, 3.63) is 113 Å². The van der Waals surface area contributed by atoms with E-state index < -0.39 is 6.29 Å². The third kappa shape index (κ3) is 10.4. The number of benzene rings is 4. The van der Waals surface area contributed by atoms with Gasteiger partial charge in [-0.3, -0.25) is 14.5 Å². The molecule has 0 aliphatic carbocycles. The minimum atomic E-state index is -0.593. The van der Waals surface area contributed by atoms with Gasteiger partial charge in [0.2, 0.25) is 11.8 Å². The van der Waals surface area contributed by atoms with Gasteiger partial charge in [0.15, 0.2) is 17.8 Å². The minimum Gasteiger partial charge on any atom is -0.493 e. The van der Waals surface area contributed by atoms with Crippen LogP contribution in [-0.2, 0) is 38.6 Å². The molecule has 6 rings (SSSR count). The van der Waals surface area contributed by atoms with Crippen LogP contribution in [-0.4, -0.2) is 55.2 Å². The normalized spacial score (nSPS) is 18.4. The van der Waals surface area contributed by atoms with Crippen LogP contribution in [0.25, 0.3) is 0 Å². The first kappa shape index (κ1) is 38.8. The average Bonchev–Trinajstić information content (AvgIpc) is 3.19. The second-order valence-electron chi connectivity index (χ2n) is 14.0. The summed E-state index contributed by atoms with van der Waals surface area (Å²) in [5.41, 5.74) is 13.1.